The Balaban J connectivity index is 1.82. The molecule has 4 heteroatoms. The van der Waals surface area contributed by atoms with Crippen molar-refractivity contribution in [3.8, 4) is 0 Å². The van der Waals surface area contributed by atoms with Gasteiger partial charge in [-0.2, -0.15) is 0 Å². The highest BCUT2D eigenvalue weighted by molar-refractivity contribution is 5.76. The molecule has 0 aromatic heterocycles. The van der Waals surface area contributed by atoms with Gasteiger partial charge in [0, 0.05) is 13.0 Å². The van der Waals surface area contributed by atoms with Gasteiger partial charge >= 0.3 is 0 Å². The van der Waals surface area contributed by atoms with Crippen LogP contribution in [0.2, 0.25) is 0 Å². The second kappa shape index (κ2) is 7.75. The van der Waals surface area contributed by atoms with E-state index in [0.29, 0.717) is 13.0 Å². The van der Waals surface area contributed by atoms with E-state index < -0.39 is 6.10 Å². The lowest BCUT2D eigenvalue weighted by atomic mass is 9.71. The van der Waals surface area contributed by atoms with Gasteiger partial charge in [0.25, 0.3) is 0 Å². The van der Waals surface area contributed by atoms with Crippen LogP contribution >= 0.6 is 0 Å². The fraction of sp³-hybridized carbons (Fsp3) is 0.611. The van der Waals surface area contributed by atoms with E-state index >= 15 is 0 Å². The number of aliphatic hydroxyl groups excluding tert-OH is 1. The van der Waals surface area contributed by atoms with E-state index in [9.17, 15) is 9.90 Å². The highest BCUT2D eigenvalue weighted by Gasteiger charge is 2.32. The molecular formula is C18H28N2O2. The molecule has 4 N–H and O–H groups in total. The van der Waals surface area contributed by atoms with Crippen LogP contribution in [0.4, 0.5) is 0 Å². The van der Waals surface area contributed by atoms with E-state index in [-0.39, 0.29) is 17.9 Å². The lowest BCUT2D eigenvalue weighted by molar-refractivity contribution is -0.124. The summed E-state index contributed by atoms with van der Waals surface area (Å²) < 4.78 is 0. The Morgan fingerprint density at radius 3 is 2.50 bits per heavy atom. The van der Waals surface area contributed by atoms with Crippen molar-refractivity contribution in [2.45, 2.75) is 51.6 Å². The fourth-order valence-corrected chi connectivity index (χ4v) is 3.27. The summed E-state index contributed by atoms with van der Waals surface area (Å²) in [5, 5.41) is 13.0. The maximum absolute atomic E-state index is 12.2. The first-order chi connectivity index (χ1) is 10.5. The van der Waals surface area contributed by atoms with Gasteiger partial charge < -0.3 is 16.2 Å². The Bertz CT molecular complexity index is 478. The average Bonchev–Trinajstić information content (AvgIpc) is 2.54. The Morgan fingerprint density at radius 1 is 1.27 bits per heavy atom. The third kappa shape index (κ3) is 4.55. The molecule has 1 saturated carbocycles. The number of hydrogen-bond donors (Lipinski definition) is 3. The Hall–Kier alpha value is -1.39. The van der Waals surface area contributed by atoms with Crippen molar-refractivity contribution in [2.24, 2.45) is 11.1 Å². The number of benzene rings is 1. The van der Waals surface area contributed by atoms with Crippen LogP contribution in [0.1, 0.15) is 55.8 Å². The second-order valence-corrected chi connectivity index (χ2v) is 6.67. The Morgan fingerprint density at radius 2 is 1.91 bits per heavy atom. The quantitative estimate of drug-likeness (QED) is 0.755. The van der Waals surface area contributed by atoms with Crippen LogP contribution in [0.15, 0.2) is 24.3 Å². The van der Waals surface area contributed by atoms with Crippen molar-refractivity contribution in [2.75, 3.05) is 13.1 Å². The number of hydrogen-bond acceptors (Lipinski definition) is 3. The Labute approximate surface area is 133 Å². The molecule has 0 saturated heterocycles. The van der Waals surface area contributed by atoms with Crippen molar-refractivity contribution >= 4 is 5.91 Å². The lowest BCUT2D eigenvalue weighted by Gasteiger charge is -2.35. The van der Waals surface area contributed by atoms with Crippen LogP contribution in [-0.2, 0) is 4.79 Å². The van der Waals surface area contributed by atoms with Crippen LogP contribution in [0.5, 0.6) is 0 Å². The number of rotatable bonds is 6. The third-order valence-electron chi connectivity index (χ3n) is 4.84. The zero-order valence-corrected chi connectivity index (χ0v) is 13.5. The maximum atomic E-state index is 12.2. The molecule has 4 nitrogen and oxygen atoms in total. The van der Waals surface area contributed by atoms with Crippen LogP contribution in [0, 0.1) is 12.3 Å². The van der Waals surface area contributed by atoms with Gasteiger partial charge in [0.15, 0.2) is 0 Å². The van der Waals surface area contributed by atoms with Crippen molar-refractivity contribution in [1.82, 2.24) is 5.32 Å². The zero-order chi connectivity index (χ0) is 16.0. The minimum absolute atomic E-state index is 0.00138. The van der Waals surface area contributed by atoms with Gasteiger partial charge in [-0.3, -0.25) is 4.79 Å². The molecule has 2 rings (SSSR count). The van der Waals surface area contributed by atoms with E-state index in [0.717, 1.165) is 36.8 Å². The summed E-state index contributed by atoms with van der Waals surface area (Å²) in [7, 11) is 0. The minimum Gasteiger partial charge on any atom is -0.387 e. The van der Waals surface area contributed by atoms with Crippen LogP contribution in [-0.4, -0.2) is 24.1 Å². The summed E-state index contributed by atoms with van der Waals surface area (Å²) in [5.74, 6) is -0.00138. The van der Waals surface area contributed by atoms with E-state index in [4.69, 9.17) is 5.73 Å². The minimum atomic E-state index is -0.662. The van der Waals surface area contributed by atoms with E-state index in [2.05, 4.69) is 5.32 Å². The van der Waals surface area contributed by atoms with Crippen LogP contribution in [0.3, 0.4) is 0 Å². The van der Waals surface area contributed by atoms with E-state index in [1.807, 2.05) is 31.2 Å². The zero-order valence-electron chi connectivity index (χ0n) is 13.5. The summed E-state index contributed by atoms with van der Waals surface area (Å²) in [4.78, 5) is 12.2. The molecule has 1 unspecified atom stereocenters. The first kappa shape index (κ1) is 17.0. The van der Waals surface area contributed by atoms with Gasteiger partial charge in [0.05, 0.1) is 6.10 Å². The second-order valence-electron chi connectivity index (χ2n) is 6.67. The normalized spacial score (nSPS) is 18.7. The number of nitrogens with one attached hydrogen (secondary N) is 1. The van der Waals surface area contributed by atoms with Crippen molar-refractivity contribution < 1.29 is 9.90 Å². The number of carbonyl (C=O) groups is 1. The molecule has 1 fully saturated rings. The largest absolute Gasteiger partial charge is 0.387 e. The molecule has 122 valence electrons. The molecule has 22 heavy (non-hydrogen) atoms. The highest BCUT2D eigenvalue weighted by atomic mass is 16.3. The van der Waals surface area contributed by atoms with Gasteiger partial charge in [0.2, 0.25) is 5.91 Å². The first-order valence-corrected chi connectivity index (χ1v) is 8.26. The predicted octanol–water partition coefficient (Wildman–Crippen LogP) is 2.44. The monoisotopic (exact) mass is 304 g/mol. The molecule has 0 bridgehead atoms. The molecule has 0 spiro atoms. The van der Waals surface area contributed by atoms with Crippen LogP contribution in [0.25, 0.3) is 0 Å². The predicted molar refractivity (Wildman–Crippen MR) is 88.3 cm³/mol. The summed E-state index contributed by atoms with van der Waals surface area (Å²) >= 11 is 0. The molecule has 1 atom stereocenters. The fourth-order valence-electron chi connectivity index (χ4n) is 3.27. The van der Waals surface area contributed by atoms with Gasteiger partial charge in [-0.25, -0.2) is 0 Å². The number of carbonyl (C=O) groups excluding carboxylic acids is 1. The highest BCUT2D eigenvalue weighted by Crippen LogP contribution is 2.38. The third-order valence-corrected chi connectivity index (χ3v) is 4.84. The molecule has 0 heterocycles. The van der Waals surface area contributed by atoms with Crippen molar-refractivity contribution in [3.63, 3.8) is 0 Å². The van der Waals surface area contributed by atoms with Gasteiger partial charge in [-0.15, -0.1) is 0 Å². The summed E-state index contributed by atoms with van der Waals surface area (Å²) in [6.07, 6.45) is 5.46. The molecule has 0 aliphatic heterocycles. The van der Waals surface area contributed by atoms with E-state index in [1.54, 1.807) is 0 Å². The van der Waals surface area contributed by atoms with E-state index in [1.165, 1.54) is 6.42 Å². The first-order valence-electron chi connectivity index (χ1n) is 8.26. The molecule has 1 aromatic carbocycles. The molecule has 1 amide bonds. The smallest absolute Gasteiger partial charge is 0.220 e. The number of amides is 1. The SMILES string of the molecule is Cc1ccc(C(O)CNC(=O)CC2(CN)CCCCC2)cc1. The van der Waals surface area contributed by atoms with Crippen LogP contribution < -0.4 is 11.1 Å². The van der Waals surface area contributed by atoms with Gasteiger partial charge in [-0.1, -0.05) is 49.1 Å². The lowest BCUT2D eigenvalue weighted by Crippen LogP contribution is -2.39. The number of aliphatic hydroxyl groups is 1. The standard InChI is InChI=1S/C18H28N2O2/c1-14-5-7-15(8-6-14)16(21)12-20-17(22)11-18(13-19)9-3-2-4-10-18/h5-8,16,21H,2-4,9-13,19H2,1H3,(H,20,22). The topological polar surface area (TPSA) is 75.3 Å². The summed E-state index contributed by atoms with van der Waals surface area (Å²) in [6.45, 7) is 2.83. The summed E-state index contributed by atoms with van der Waals surface area (Å²) in [5.41, 5.74) is 7.87. The van der Waals surface area contributed by atoms with Crippen molar-refractivity contribution in [1.29, 1.82) is 0 Å². The molecule has 1 aliphatic carbocycles. The molecule has 1 aliphatic rings. The maximum Gasteiger partial charge on any atom is 0.220 e. The number of nitrogens with two attached hydrogens (primary N) is 1. The molecular weight excluding hydrogens is 276 g/mol. The molecule has 1 aromatic rings. The average molecular weight is 304 g/mol. The molecule has 0 radical (unpaired) electrons. The summed E-state index contributed by atoms with van der Waals surface area (Å²) in [6, 6.07) is 7.72. The Kier molecular flexibility index (Phi) is 5.98. The number of aryl methyl sites for hydroxylation is 1. The van der Waals surface area contributed by atoms with Gasteiger partial charge in [0.1, 0.15) is 0 Å². The van der Waals surface area contributed by atoms with Gasteiger partial charge in [-0.05, 0) is 37.3 Å². The van der Waals surface area contributed by atoms with Crippen molar-refractivity contribution in [3.05, 3.63) is 35.4 Å².